The lowest BCUT2D eigenvalue weighted by atomic mass is 10.3. The molecule has 2 rings (SSSR count). The number of halogens is 1. The Balaban J connectivity index is 2.37. The van der Waals surface area contributed by atoms with Crippen LogP contribution in [0.1, 0.15) is 6.92 Å². The first-order valence-corrected chi connectivity index (χ1v) is 7.81. The van der Waals surface area contributed by atoms with Crippen LogP contribution in [0.25, 0.3) is 0 Å². The van der Waals surface area contributed by atoms with E-state index in [0.717, 1.165) is 0 Å². The molecule has 0 radical (unpaired) electrons. The summed E-state index contributed by atoms with van der Waals surface area (Å²) in [6.07, 6.45) is 0. The molecule has 0 aliphatic carbocycles. The Hall–Kier alpha value is -0.630. The average molecular weight is 335 g/mol. The van der Waals surface area contributed by atoms with Gasteiger partial charge in [0.25, 0.3) is 0 Å². The van der Waals surface area contributed by atoms with Crippen LogP contribution in [-0.4, -0.2) is 38.5 Å². The largest absolute Gasteiger partial charge is 0.398 e. The number of sulfonamides is 1. The van der Waals surface area contributed by atoms with Gasteiger partial charge in [0.15, 0.2) is 0 Å². The quantitative estimate of drug-likeness (QED) is 0.830. The van der Waals surface area contributed by atoms with Gasteiger partial charge in [-0.15, -0.1) is 0 Å². The zero-order valence-corrected chi connectivity index (χ0v) is 12.4. The van der Waals surface area contributed by atoms with E-state index in [1.54, 1.807) is 12.1 Å². The molecule has 1 saturated heterocycles. The number of benzene rings is 1. The molecule has 0 bridgehead atoms. The van der Waals surface area contributed by atoms with Crippen molar-refractivity contribution in [3.05, 3.63) is 22.7 Å². The van der Waals surface area contributed by atoms with Crippen molar-refractivity contribution in [1.29, 1.82) is 0 Å². The molecule has 0 amide bonds. The van der Waals surface area contributed by atoms with Crippen molar-refractivity contribution in [2.45, 2.75) is 17.9 Å². The van der Waals surface area contributed by atoms with Crippen molar-refractivity contribution < 1.29 is 13.2 Å². The second kappa shape index (κ2) is 5.16. The van der Waals surface area contributed by atoms with Gasteiger partial charge in [0.1, 0.15) is 0 Å². The molecule has 1 aliphatic heterocycles. The molecule has 1 heterocycles. The van der Waals surface area contributed by atoms with Gasteiger partial charge < -0.3 is 10.5 Å². The van der Waals surface area contributed by atoms with Crippen molar-refractivity contribution in [3.8, 4) is 0 Å². The second-order valence-electron chi connectivity index (χ2n) is 4.22. The molecule has 1 aliphatic rings. The predicted octanol–water partition coefficient (Wildman–Crippen LogP) is 1.44. The van der Waals surface area contributed by atoms with Crippen molar-refractivity contribution in [2.24, 2.45) is 0 Å². The van der Waals surface area contributed by atoms with Crippen LogP contribution >= 0.6 is 15.9 Å². The molecule has 1 fully saturated rings. The molecule has 0 spiro atoms. The Morgan fingerprint density at radius 3 is 2.83 bits per heavy atom. The van der Waals surface area contributed by atoms with E-state index < -0.39 is 10.0 Å². The van der Waals surface area contributed by atoms with Crippen LogP contribution in [0.2, 0.25) is 0 Å². The SMILES string of the molecule is C[C@@H]1COCCN1S(=O)(=O)c1ccc(Br)c(N)c1. The van der Waals surface area contributed by atoms with Crippen LogP contribution in [0.15, 0.2) is 27.6 Å². The minimum Gasteiger partial charge on any atom is -0.398 e. The third-order valence-corrected chi connectivity index (χ3v) is 5.61. The van der Waals surface area contributed by atoms with E-state index in [2.05, 4.69) is 15.9 Å². The zero-order chi connectivity index (χ0) is 13.3. The highest BCUT2D eigenvalue weighted by atomic mass is 79.9. The fraction of sp³-hybridized carbons (Fsp3) is 0.455. The van der Waals surface area contributed by atoms with E-state index in [9.17, 15) is 8.42 Å². The summed E-state index contributed by atoms with van der Waals surface area (Å²) in [6.45, 7) is 3.05. The number of anilines is 1. The molecule has 100 valence electrons. The lowest BCUT2D eigenvalue weighted by Gasteiger charge is -2.32. The highest BCUT2D eigenvalue weighted by Gasteiger charge is 2.31. The number of nitrogens with two attached hydrogens (primary N) is 1. The maximum Gasteiger partial charge on any atom is 0.243 e. The molecular formula is C11H15BrN2O3S. The summed E-state index contributed by atoms with van der Waals surface area (Å²) in [5.74, 6) is 0. The molecule has 18 heavy (non-hydrogen) atoms. The highest BCUT2D eigenvalue weighted by molar-refractivity contribution is 9.10. The molecule has 1 aromatic carbocycles. The molecule has 0 aromatic heterocycles. The van der Waals surface area contributed by atoms with Gasteiger partial charge in [-0.3, -0.25) is 0 Å². The van der Waals surface area contributed by atoms with Crippen molar-refractivity contribution in [1.82, 2.24) is 4.31 Å². The molecule has 0 saturated carbocycles. The lowest BCUT2D eigenvalue weighted by molar-refractivity contribution is 0.0393. The van der Waals surface area contributed by atoms with Crippen LogP contribution in [-0.2, 0) is 14.8 Å². The van der Waals surface area contributed by atoms with Gasteiger partial charge >= 0.3 is 0 Å². The summed E-state index contributed by atoms with van der Waals surface area (Å²) in [6, 6.07) is 4.51. The second-order valence-corrected chi connectivity index (χ2v) is 6.97. The fourth-order valence-corrected chi connectivity index (χ4v) is 3.77. The third kappa shape index (κ3) is 2.54. The summed E-state index contributed by atoms with van der Waals surface area (Å²) in [5.41, 5.74) is 6.14. The fourth-order valence-electron chi connectivity index (χ4n) is 1.89. The normalized spacial score (nSPS) is 22.0. The molecular weight excluding hydrogens is 320 g/mol. The van der Waals surface area contributed by atoms with E-state index in [1.165, 1.54) is 10.4 Å². The summed E-state index contributed by atoms with van der Waals surface area (Å²) >= 11 is 3.25. The minimum atomic E-state index is -3.50. The van der Waals surface area contributed by atoms with Gasteiger partial charge in [-0.05, 0) is 41.1 Å². The molecule has 7 heteroatoms. The maximum atomic E-state index is 12.5. The monoisotopic (exact) mass is 334 g/mol. The van der Waals surface area contributed by atoms with Crippen LogP contribution in [0.5, 0.6) is 0 Å². The number of hydrogen-bond donors (Lipinski definition) is 1. The van der Waals surface area contributed by atoms with Gasteiger partial charge in [-0.25, -0.2) is 8.42 Å². The zero-order valence-electron chi connectivity index (χ0n) is 9.97. The van der Waals surface area contributed by atoms with Gasteiger partial charge in [-0.2, -0.15) is 4.31 Å². The average Bonchev–Trinajstić information content (AvgIpc) is 2.33. The number of nitrogen functional groups attached to an aromatic ring is 1. The maximum absolute atomic E-state index is 12.5. The van der Waals surface area contributed by atoms with Gasteiger partial charge in [0.05, 0.1) is 18.1 Å². The van der Waals surface area contributed by atoms with E-state index >= 15 is 0 Å². The number of hydrogen-bond acceptors (Lipinski definition) is 4. The first-order chi connectivity index (χ1) is 8.43. The van der Waals surface area contributed by atoms with Crippen LogP contribution in [0.4, 0.5) is 5.69 Å². The van der Waals surface area contributed by atoms with Gasteiger partial charge in [0.2, 0.25) is 10.0 Å². The summed E-state index contributed by atoms with van der Waals surface area (Å²) < 4.78 is 32.3. The summed E-state index contributed by atoms with van der Waals surface area (Å²) in [7, 11) is -3.50. The lowest BCUT2D eigenvalue weighted by Crippen LogP contribution is -2.46. The Morgan fingerprint density at radius 1 is 1.50 bits per heavy atom. The van der Waals surface area contributed by atoms with E-state index in [0.29, 0.717) is 29.9 Å². The Bertz CT molecular complexity index is 547. The first-order valence-electron chi connectivity index (χ1n) is 5.57. The van der Waals surface area contributed by atoms with E-state index in [1.807, 2.05) is 6.92 Å². The molecule has 0 unspecified atom stereocenters. The number of nitrogens with zero attached hydrogens (tertiary/aromatic N) is 1. The number of rotatable bonds is 2. The predicted molar refractivity (Wildman–Crippen MR) is 72.7 cm³/mol. The molecule has 1 aromatic rings. The number of morpholine rings is 1. The van der Waals surface area contributed by atoms with Crippen LogP contribution < -0.4 is 5.73 Å². The molecule has 5 nitrogen and oxygen atoms in total. The highest BCUT2D eigenvalue weighted by Crippen LogP contribution is 2.26. The molecule has 1 atom stereocenters. The standard InChI is InChI=1S/C11H15BrN2O3S/c1-8-7-17-5-4-14(8)18(15,16)9-2-3-10(12)11(13)6-9/h2-3,6,8H,4-5,7,13H2,1H3/t8-/m1/s1. The first kappa shape index (κ1) is 13.8. The summed E-state index contributed by atoms with van der Waals surface area (Å²) in [5, 5.41) is 0. The third-order valence-electron chi connectivity index (χ3n) is 2.88. The van der Waals surface area contributed by atoms with Gasteiger partial charge in [0, 0.05) is 22.7 Å². The van der Waals surface area contributed by atoms with Crippen LogP contribution in [0, 0.1) is 0 Å². The molecule has 2 N–H and O–H groups in total. The Labute approximate surface area is 115 Å². The van der Waals surface area contributed by atoms with Gasteiger partial charge in [-0.1, -0.05) is 0 Å². The van der Waals surface area contributed by atoms with Crippen molar-refractivity contribution >= 4 is 31.6 Å². The van der Waals surface area contributed by atoms with Crippen molar-refractivity contribution in [2.75, 3.05) is 25.5 Å². The number of ether oxygens (including phenoxy) is 1. The van der Waals surface area contributed by atoms with Crippen molar-refractivity contribution in [3.63, 3.8) is 0 Å². The Morgan fingerprint density at radius 2 is 2.22 bits per heavy atom. The Kier molecular flexibility index (Phi) is 3.96. The smallest absolute Gasteiger partial charge is 0.243 e. The van der Waals surface area contributed by atoms with E-state index in [4.69, 9.17) is 10.5 Å². The van der Waals surface area contributed by atoms with Crippen LogP contribution in [0.3, 0.4) is 0 Å². The minimum absolute atomic E-state index is 0.159. The topological polar surface area (TPSA) is 72.6 Å². The summed E-state index contributed by atoms with van der Waals surface area (Å²) in [4.78, 5) is 0.219. The van der Waals surface area contributed by atoms with E-state index in [-0.39, 0.29) is 10.9 Å².